The molecular formula is C26H26N2O3S. The molecule has 0 saturated carbocycles. The number of benzene rings is 3. The number of rotatable bonds is 4. The average molecular weight is 447 g/mol. The van der Waals surface area contributed by atoms with E-state index in [0.717, 1.165) is 33.2 Å². The zero-order valence-electron chi connectivity index (χ0n) is 17.6. The quantitative estimate of drug-likeness (QED) is 0.296. The van der Waals surface area contributed by atoms with Gasteiger partial charge in [-0.2, -0.15) is 10.6 Å². The Bertz CT molecular complexity index is 1270. The van der Waals surface area contributed by atoms with Gasteiger partial charge < -0.3 is 10.7 Å². The smallest absolute Gasteiger partial charge is 0.250 e. The van der Waals surface area contributed by atoms with Crippen LogP contribution in [0.4, 0.5) is 0 Å². The fourth-order valence-electron chi connectivity index (χ4n) is 4.87. The van der Waals surface area contributed by atoms with Gasteiger partial charge in [-0.15, -0.1) is 0 Å². The lowest BCUT2D eigenvalue weighted by molar-refractivity contribution is 0.100. The lowest BCUT2D eigenvalue weighted by atomic mass is 9.88. The first-order valence-corrected chi connectivity index (χ1v) is 12.5. The molecule has 1 aromatic heterocycles. The van der Waals surface area contributed by atoms with E-state index in [0.29, 0.717) is 24.2 Å². The molecule has 2 unspecified atom stereocenters. The molecule has 0 bridgehead atoms. The molecule has 2 atom stereocenters. The van der Waals surface area contributed by atoms with E-state index in [2.05, 4.69) is 11.1 Å². The van der Waals surface area contributed by atoms with Gasteiger partial charge >= 0.3 is 0 Å². The minimum Gasteiger partial charge on any atom is -0.366 e. The summed E-state index contributed by atoms with van der Waals surface area (Å²) < 4.78 is 21.6. The number of nitrogens with two attached hydrogens (primary N) is 1. The van der Waals surface area contributed by atoms with E-state index in [-0.39, 0.29) is 11.2 Å². The standard InChI is InChI=1S/C26H26N2O3S/c27-26(29)22-14-20(17-7-3-1-4-8-17)13-21-23(16-28-25(21)22)19-11-12-32(30,31)24(15-19)18-9-5-2-6-10-18/h1-10,13-14,16,19,24,28,30-31H,11-12,15H2,(H2,27,29). The second-order valence-corrected chi connectivity index (χ2v) is 10.9. The topological polar surface area (TPSA) is 99.3 Å². The van der Waals surface area contributed by atoms with Crippen molar-refractivity contribution in [3.63, 3.8) is 0 Å². The van der Waals surface area contributed by atoms with Crippen molar-refractivity contribution in [2.24, 2.45) is 5.73 Å². The molecule has 164 valence electrons. The van der Waals surface area contributed by atoms with Crippen molar-refractivity contribution in [1.82, 2.24) is 4.98 Å². The van der Waals surface area contributed by atoms with Gasteiger partial charge in [-0.3, -0.25) is 13.9 Å². The molecule has 1 aliphatic heterocycles. The third kappa shape index (κ3) is 3.71. The summed E-state index contributed by atoms with van der Waals surface area (Å²) in [7, 11) is -2.71. The van der Waals surface area contributed by atoms with Crippen LogP contribution < -0.4 is 5.73 Å². The van der Waals surface area contributed by atoms with Crippen LogP contribution >= 0.6 is 10.6 Å². The molecule has 1 fully saturated rings. The Kier molecular flexibility index (Phi) is 5.29. The molecule has 1 aliphatic rings. The molecule has 2 heterocycles. The van der Waals surface area contributed by atoms with Crippen LogP contribution in [0.5, 0.6) is 0 Å². The maximum atomic E-state index is 12.2. The molecule has 4 aromatic rings. The van der Waals surface area contributed by atoms with E-state index < -0.39 is 16.5 Å². The summed E-state index contributed by atoms with van der Waals surface area (Å²) in [6.45, 7) is 0. The predicted octanol–water partition coefficient (Wildman–Crippen LogP) is 6.30. The molecule has 5 rings (SSSR count). The van der Waals surface area contributed by atoms with Crippen molar-refractivity contribution in [2.45, 2.75) is 24.0 Å². The van der Waals surface area contributed by atoms with E-state index in [9.17, 15) is 13.9 Å². The number of primary amides is 1. The molecule has 5 nitrogen and oxygen atoms in total. The molecule has 3 aromatic carbocycles. The van der Waals surface area contributed by atoms with Gasteiger partial charge in [0, 0.05) is 17.3 Å². The molecule has 1 amide bonds. The number of carbonyl (C=O) groups is 1. The first kappa shape index (κ1) is 20.8. The first-order valence-electron chi connectivity index (χ1n) is 10.7. The highest BCUT2D eigenvalue weighted by Gasteiger charge is 2.36. The van der Waals surface area contributed by atoms with Crippen LogP contribution in [0.2, 0.25) is 0 Å². The van der Waals surface area contributed by atoms with Crippen LogP contribution in [0.25, 0.3) is 22.0 Å². The highest BCUT2D eigenvalue weighted by molar-refractivity contribution is 8.24. The normalized spacial score (nSPS) is 21.3. The molecule has 0 radical (unpaired) electrons. The second kappa shape index (κ2) is 8.13. The minimum absolute atomic E-state index is 0.139. The van der Waals surface area contributed by atoms with Gasteiger partial charge in [0.25, 0.3) is 5.91 Å². The summed E-state index contributed by atoms with van der Waals surface area (Å²) in [5.41, 5.74) is 10.9. The van der Waals surface area contributed by atoms with Crippen molar-refractivity contribution in [3.8, 4) is 11.1 Å². The highest BCUT2D eigenvalue weighted by atomic mass is 32.3. The maximum Gasteiger partial charge on any atom is 0.250 e. The lowest BCUT2D eigenvalue weighted by Crippen LogP contribution is -2.23. The Morgan fingerprint density at radius 3 is 2.34 bits per heavy atom. The van der Waals surface area contributed by atoms with Gasteiger partial charge in [-0.1, -0.05) is 60.7 Å². The van der Waals surface area contributed by atoms with E-state index in [1.165, 1.54) is 0 Å². The number of aromatic nitrogens is 1. The van der Waals surface area contributed by atoms with Crippen LogP contribution in [0.3, 0.4) is 0 Å². The van der Waals surface area contributed by atoms with Gasteiger partial charge in [0.05, 0.1) is 16.3 Å². The molecule has 0 aliphatic carbocycles. The van der Waals surface area contributed by atoms with Gasteiger partial charge in [-0.25, -0.2) is 0 Å². The largest absolute Gasteiger partial charge is 0.366 e. The Morgan fingerprint density at radius 1 is 0.969 bits per heavy atom. The minimum atomic E-state index is -2.71. The number of H-pyrrole nitrogens is 1. The number of nitrogens with one attached hydrogen (secondary N) is 1. The molecule has 32 heavy (non-hydrogen) atoms. The number of amides is 1. The summed E-state index contributed by atoms with van der Waals surface area (Å²) in [5, 5.41) is 0.663. The number of hydrogen-bond acceptors (Lipinski definition) is 3. The van der Waals surface area contributed by atoms with Crippen molar-refractivity contribution in [1.29, 1.82) is 0 Å². The molecular weight excluding hydrogens is 420 g/mol. The lowest BCUT2D eigenvalue weighted by Gasteiger charge is -2.46. The van der Waals surface area contributed by atoms with Gasteiger partial charge in [0.1, 0.15) is 0 Å². The van der Waals surface area contributed by atoms with E-state index >= 15 is 0 Å². The molecule has 6 heteroatoms. The summed E-state index contributed by atoms with van der Waals surface area (Å²) in [6.07, 6.45) is 3.27. The molecule has 5 N–H and O–H groups in total. The fraction of sp³-hybridized carbons (Fsp3) is 0.192. The van der Waals surface area contributed by atoms with Gasteiger partial charge in [-0.05, 0) is 53.1 Å². The Morgan fingerprint density at radius 2 is 1.66 bits per heavy atom. The van der Waals surface area contributed by atoms with Crippen LogP contribution in [0, 0.1) is 0 Å². The van der Waals surface area contributed by atoms with Crippen LogP contribution in [0.15, 0.2) is 79.0 Å². The third-order valence-electron chi connectivity index (χ3n) is 6.53. The number of hydrogen-bond donors (Lipinski definition) is 4. The van der Waals surface area contributed by atoms with E-state index in [1.54, 1.807) is 0 Å². The zero-order chi connectivity index (χ0) is 22.3. The van der Waals surface area contributed by atoms with Crippen molar-refractivity contribution in [2.75, 3.05) is 5.75 Å². The summed E-state index contributed by atoms with van der Waals surface area (Å²) >= 11 is 0. The van der Waals surface area contributed by atoms with Crippen molar-refractivity contribution >= 4 is 27.4 Å². The first-order chi connectivity index (χ1) is 15.4. The van der Waals surface area contributed by atoms with Crippen LogP contribution in [-0.4, -0.2) is 25.7 Å². The number of aromatic amines is 1. The van der Waals surface area contributed by atoms with E-state index in [1.807, 2.05) is 72.9 Å². The van der Waals surface area contributed by atoms with Gasteiger partial charge in [0.15, 0.2) is 0 Å². The highest BCUT2D eigenvalue weighted by Crippen LogP contribution is 2.62. The molecule has 0 spiro atoms. The summed E-state index contributed by atoms with van der Waals surface area (Å²) in [5.74, 6) is 0.0344. The average Bonchev–Trinajstić information content (AvgIpc) is 3.23. The third-order valence-corrected chi connectivity index (χ3v) is 8.74. The summed E-state index contributed by atoms with van der Waals surface area (Å²) in [4.78, 5) is 15.5. The summed E-state index contributed by atoms with van der Waals surface area (Å²) in [6, 6.07) is 23.6. The van der Waals surface area contributed by atoms with E-state index in [4.69, 9.17) is 5.73 Å². The zero-order valence-corrected chi connectivity index (χ0v) is 18.4. The predicted molar refractivity (Wildman–Crippen MR) is 131 cm³/mol. The van der Waals surface area contributed by atoms with Gasteiger partial charge in [0.2, 0.25) is 0 Å². The monoisotopic (exact) mass is 446 g/mol. The fourth-order valence-corrected chi connectivity index (χ4v) is 6.92. The SMILES string of the molecule is NC(=O)c1cc(-c2ccccc2)cc2c(C3CCS(O)(O)C(c4ccccc4)C3)c[nH]c12. The molecule has 1 saturated heterocycles. The Labute approximate surface area is 188 Å². The Balaban J connectivity index is 1.60. The second-order valence-electron chi connectivity index (χ2n) is 8.46. The number of fused-ring (bicyclic) bond motifs is 1. The van der Waals surface area contributed by atoms with Crippen molar-refractivity contribution < 1.29 is 13.9 Å². The van der Waals surface area contributed by atoms with Crippen LogP contribution in [-0.2, 0) is 0 Å². The number of carbonyl (C=O) groups excluding carboxylic acids is 1. The van der Waals surface area contributed by atoms with Crippen molar-refractivity contribution in [3.05, 3.63) is 95.7 Å². The maximum absolute atomic E-state index is 12.2. The van der Waals surface area contributed by atoms with Crippen LogP contribution in [0.1, 0.15) is 45.5 Å². The Hall–Kier alpha value is -3.06.